The van der Waals surface area contributed by atoms with Crippen LogP contribution in [0.5, 0.6) is 5.88 Å². The van der Waals surface area contributed by atoms with Crippen LogP contribution in [-0.2, 0) is 13.1 Å². The molecule has 3 aromatic rings. The summed E-state index contributed by atoms with van der Waals surface area (Å²) in [5.74, 6) is 7.91. The summed E-state index contributed by atoms with van der Waals surface area (Å²) in [6.07, 6.45) is 9.09. The number of ether oxygens (including phenoxy) is 1. The van der Waals surface area contributed by atoms with Crippen molar-refractivity contribution in [1.29, 1.82) is 5.26 Å². The highest BCUT2D eigenvalue weighted by atomic mass is 16.5. The first-order chi connectivity index (χ1) is 19.0. The van der Waals surface area contributed by atoms with Gasteiger partial charge in [0, 0.05) is 81.3 Å². The summed E-state index contributed by atoms with van der Waals surface area (Å²) in [7, 11) is 1.62. The Morgan fingerprint density at radius 3 is 2.49 bits per heavy atom. The molecule has 3 aromatic heterocycles. The van der Waals surface area contributed by atoms with Crippen LogP contribution in [0.25, 0.3) is 5.70 Å². The average molecular weight is 525 g/mol. The molecule has 39 heavy (non-hydrogen) atoms. The topological polar surface area (TPSA) is 125 Å². The van der Waals surface area contributed by atoms with Gasteiger partial charge < -0.3 is 9.64 Å². The minimum Gasteiger partial charge on any atom is -0.481 e. The van der Waals surface area contributed by atoms with E-state index in [2.05, 4.69) is 32.0 Å². The van der Waals surface area contributed by atoms with Gasteiger partial charge in [0.25, 0.3) is 0 Å². The zero-order valence-electron chi connectivity index (χ0n) is 22.4. The predicted octanol–water partition coefficient (Wildman–Crippen LogP) is 2.80. The minimum atomic E-state index is 0.475. The van der Waals surface area contributed by atoms with Gasteiger partial charge in [-0.25, -0.2) is 20.8 Å². The predicted molar refractivity (Wildman–Crippen MR) is 149 cm³/mol. The summed E-state index contributed by atoms with van der Waals surface area (Å²) in [5.41, 5.74) is 5.12. The first-order valence-corrected chi connectivity index (χ1v) is 12.9. The van der Waals surface area contributed by atoms with Crippen molar-refractivity contribution >= 4 is 17.2 Å². The van der Waals surface area contributed by atoms with Gasteiger partial charge in [-0.2, -0.15) is 10.4 Å². The number of nitriles is 1. The molecule has 0 unspecified atom stereocenters. The summed E-state index contributed by atoms with van der Waals surface area (Å²) in [4.78, 5) is 18.7. The fourth-order valence-corrected chi connectivity index (χ4v) is 4.69. The van der Waals surface area contributed by atoms with Crippen LogP contribution in [-0.4, -0.2) is 68.7 Å². The number of aromatic nitrogens is 4. The Morgan fingerprint density at radius 1 is 1.05 bits per heavy atom. The highest BCUT2D eigenvalue weighted by Crippen LogP contribution is 2.28. The lowest BCUT2D eigenvalue weighted by Gasteiger charge is -2.35. The van der Waals surface area contributed by atoms with Gasteiger partial charge in [0.1, 0.15) is 5.82 Å². The number of pyridine rings is 2. The number of nitrogens with zero attached hydrogens (tertiary/aromatic N) is 9. The lowest BCUT2D eigenvalue weighted by Crippen LogP contribution is -2.46. The molecule has 5 heterocycles. The summed E-state index contributed by atoms with van der Waals surface area (Å²) >= 11 is 0. The van der Waals surface area contributed by atoms with E-state index in [-0.39, 0.29) is 0 Å². The zero-order chi connectivity index (χ0) is 27.4. The molecule has 11 heteroatoms. The number of allylic oxidation sites excluding steroid dienone is 2. The molecular weight excluding hydrogens is 492 g/mol. The molecule has 0 aliphatic carbocycles. The van der Waals surface area contributed by atoms with Crippen molar-refractivity contribution in [2.24, 2.45) is 10.8 Å². The maximum atomic E-state index is 9.63. The first kappa shape index (κ1) is 26.1. The minimum absolute atomic E-state index is 0.475. The number of hydrogen-bond acceptors (Lipinski definition) is 10. The lowest BCUT2D eigenvalue weighted by atomic mass is 10.0. The highest BCUT2D eigenvalue weighted by Gasteiger charge is 2.25. The molecule has 0 amide bonds. The van der Waals surface area contributed by atoms with Crippen LogP contribution in [0.2, 0.25) is 0 Å². The van der Waals surface area contributed by atoms with Crippen LogP contribution < -0.4 is 15.5 Å². The number of nitrogens with two attached hydrogens (primary N) is 1. The fourth-order valence-electron chi connectivity index (χ4n) is 4.69. The van der Waals surface area contributed by atoms with Crippen molar-refractivity contribution in [1.82, 2.24) is 29.7 Å². The van der Waals surface area contributed by atoms with Gasteiger partial charge in [-0.1, -0.05) is 6.07 Å². The van der Waals surface area contributed by atoms with E-state index in [4.69, 9.17) is 20.6 Å². The molecule has 1 fully saturated rings. The van der Waals surface area contributed by atoms with Crippen LogP contribution in [0, 0.1) is 11.3 Å². The molecule has 0 spiro atoms. The third-order valence-electron chi connectivity index (χ3n) is 6.88. The summed E-state index contributed by atoms with van der Waals surface area (Å²) in [6.45, 7) is 8.98. The number of methoxy groups -OCH3 is 1. The Hall–Kier alpha value is -4.53. The largest absolute Gasteiger partial charge is 0.481 e. The second kappa shape index (κ2) is 11.5. The smallest absolute Gasteiger partial charge is 0.212 e. The molecule has 200 valence electrons. The van der Waals surface area contributed by atoms with Gasteiger partial charge in [0.2, 0.25) is 5.88 Å². The van der Waals surface area contributed by atoms with Crippen molar-refractivity contribution in [3.63, 3.8) is 0 Å². The van der Waals surface area contributed by atoms with Crippen molar-refractivity contribution in [2.75, 3.05) is 38.2 Å². The van der Waals surface area contributed by atoms with Gasteiger partial charge in [-0.05, 0) is 31.5 Å². The number of piperazine rings is 1. The van der Waals surface area contributed by atoms with Gasteiger partial charge in [0.15, 0.2) is 0 Å². The maximum Gasteiger partial charge on any atom is 0.212 e. The highest BCUT2D eigenvalue weighted by molar-refractivity contribution is 6.15. The van der Waals surface area contributed by atoms with Crippen molar-refractivity contribution in [3.05, 3.63) is 83.2 Å². The number of rotatable bonds is 7. The molecule has 2 aliphatic heterocycles. The third kappa shape index (κ3) is 5.67. The Labute approximate surface area is 228 Å². The van der Waals surface area contributed by atoms with E-state index < -0.39 is 0 Å². The van der Waals surface area contributed by atoms with Crippen LogP contribution in [0.3, 0.4) is 0 Å². The molecule has 1 saturated heterocycles. The molecule has 2 aliphatic rings. The first-order valence-electron chi connectivity index (χ1n) is 12.9. The second-order valence-corrected chi connectivity index (χ2v) is 9.43. The number of hydrazine groups is 1. The second-order valence-electron chi connectivity index (χ2n) is 9.43. The Bertz CT molecular complexity index is 1440. The lowest BCUT2D eigenvalue weighted by molar-refractivity contribution is 0.249. The molecule has 11 nitrogen and oxygen atoms in total. The molecule has 5 rings (SSSR count). The molecule has 0 bridgehead atoms. The van der Waals surface area contributed by atoms with Gasteiger partial charge in [-0.3, -0.25) is 14.6 Å². The fraction of sp³-hybridized carbons (Fsp3) is 0.321. The van der Waals surface area contributed by atoms with Crippen molar-refractivity contribution < 1.29 is 4.74 Å². The molecule has 0 atom stereocenters. The van der Waals surface area contributed by atoms with E-state index in [1.165, 1.54) is 10.6 Å². The number of aryl methyl sites for hydroxylation is 1. The van der Waals surface area contributed by atoms with Gasteiger partial charge in [-0.15, -0.1) is 0 Å². The number of anilines is 1. The van der Waals surface area contributed by atoms with Gasteiger partial charge >= 0.3 is 0 Å². The van der Waals surface area contributed by atoms with Gasteiger partial charge in [0.05, 0.1) is 42.1 Å². The molecule has 0 radical (unpaired) electrons. The number of aliphatic imine (C=N–C) groups is 1. The van der Waals surface area contributed by atoms with E-state index in [1.54, 1.807) is 32.6 Å². The summed E-state index contributed by atoms with van der Waals surface area (Å²) in [5, 5.41) is 15.4. The van der Waals surface area contributed by atoms with Crippen molar-refractivity contribution in [2.45, 2.75) is 26.9 Å². The average Bonchev–Trinajstić information content (AvgIpc) is 3.47. The van der Waals surface area contributed by atoms with E-state index >= 15 is 0 Å². The molecule has 0 saturated carbocycles. The van der Waals surface area contributed by atoms with E-state index in [0.29, 0.717) is 28.6 Å². The van der Waals surface area contributed by atoms with E-state index in [1.807, 2.05) is 42.2 Å². The molecule has 2 N–H and O–H groups in total. The third-order valence-corrected chi connectivity index (χ3v) is 6.88. The molecule has 0 aromatic carbocycles. The van der Waals surface area contributed by atoms with E-state index in [0.717, 1.165) is 56.2 Å². The standard InChI is InChI=1S/C28H32N10O/c1-4-37-18-23(16-33-37)24-19-38(30)28(20(2)13-29)27(34-24)22-6-7-25(31-15-22)36-11-9-35(10-12-36)17-21-5-8-26(39-3)32-14-21/h5-8,14-16,18-19H,4,9-12,17,30H2,1-3H3/b28-20+. The Balaban J connectivity index is 1.31. The monoisotopic (exact) mass is 524 g/mol. The van der Waals surface area contributed by atoms with E-state index in [9.17, 15) is 5.26 Å². The van der Waals surface area contributed by atoms with Crippen LogP contribution in [0.1, 0.15) is 30.5 Å². The summed E-state index contributed by atoms with van der Waals surface area (Å²) < 4.78 is 6.99. The Kier molecular flexibility index (Phi) is 7.67. The SMILES string of the molecule is CCn1cc(C2=CN(N)/C(=C(\C)C#N)C(c3ccc(N4CCN(Cc5ccc(OC)nc5)CC4)nc3)=N2)cn1. The van der Waals surface area contributed by atoms with Crippen molar-refractivity contribution in [3.8, 4) is 11.9 Å². The molecular formula is C28H32N10O. The van der Waals surface area contributed by atoms with Crippen LogP contribution in [0.4, 0.5) is 5.82 Å². The number of hydrogen-bond donors (Lipinski definition) is 1. The summed E-state index contributed by atoms with van der Waals surface area (Å²) in [6, 6.07) is 10.2. The zero-order valence-corrected chi connectivity index (χ0v) is 22.4. The maximum absolute atomic E-state index is 9.63. The van der Waals surface area contributed by atoms with Crippen LogP contribution >= 0.6 is 0 Å². The Morgan fingerprint density at radius 2 is 1.87 bits per heavy atom. The normalized spacial score (nSPS) is 17.4. The quantitative estimate of drug-likeness (QED) is 0.367. The van der Waals surface area contributed by atoms with Crippen LogP contribution in [0.15, 0.2) is 71.5 Å².